The van der Waals surface area contributed by atoms with Crippen molar-refractivity contribution in [3.05, 3.63) is 18.5 Å². The molecular formula is C18H34N6O2. The number of nitrogens with one attached hydrogen (secondary N) is 3. The highest BCUT2D eigenvalue weighted by Gasteiger charge is 2.30. The van der Waals surface area contributed by atoms with E-state index in [1.54, 1.807) is 13.2 Å². The summed E-state index contributed by atoms with van der Waals surface area (Å²) in [6, 6.07) is 1.90. The molecule has 0 atom stereocenters. The van der Waals surface area contributed by atoms with Crippen LogP contribution in [-0.4, -0.2) is 53.1 Å². The van der Waals surface area contributed by atoms with E-state index < -0.39 is 17.2 Å². The van der Waals surface area contributed by atoms with Crippen molar-refractivity contribution in [2.24, 2.45) is 4.99 Å². The van der Waals surface area contributed by atoms with Crippen molar-refractivity contribution >= 4 is 12.1 Å². The number of hydrogen-bond donors (Lipinski definition) is 3. The number of rotatable bonds is 8. The van der Waals surface area contributed by atoms with Gasteiger partial charge in [0, 0.05) is 32.5 Å². The molecule has 0 aliphatic rings. The van der Waals surface area contributed by atoms with Crippen LogP contribution in [0, 0.1) is 0 Å². The van der Waals surface area contributed by atoms with E-state index in [9.17, 15) is 4.79 Å². The Morgan fingerprint density at radius 1 is 1.23 bits per heavy atom. The van der Waals surface area contributed by atoms with Crippen molar-refractivity contribution in [1.82, 2.24) is 25.7 Å². The molecule has 1 aromatic heterocycles. The summed E-state index contributed by atoms with van der Waals surface area (Å²) in [7, 11) is 1.73. The summed E-state index contributed by atoms with van der Waals surface area (Å²) in [4.78, 5) is 16.4. The molecule has 0 spiro atoms. The van der Waals surface area contributed by atoms with Crippen LogP contribution in [0.25, 0.3) is 0 Å². The number of alkyl carbamates (subject to hydrolysis) is 1. The SMILES string of the molecule is CCC(CC)(CNC(=NC)NCCn1cccn1)NC(=O)OC(C)(C)C. The molecule has 1 rings (SSSR count). The van der Waals surface area contributed by atoms with Crippen molar-refractivity contribution < 1.29 is 9.53 Å². The highest BCUT2D eigenvalue weighted by atomic mass is 16.6. The van der Waals surface area contributed by atoms with Gasteiger partial charge in [-0.2, -0.15) is 5.10 Å². The standard InChI is InChI=1S/C18H34N6O2/c1-7-18(8-2,23-16(25)26-17(3,4)5)14-21-15(19-6)20-11-13-24-12-9-10-22-24/h9-10,12H,7-8,11,13-14H2,1-6H3,(H,23,25)(H2,19,20,21). The minimum absolute atomic E-state index is 0.398. The van der Waals surface area contributed by atoms with E-state index in [1.807, 2.05) is 37.7 Å². The molecule has 3 N–H and O–H groups in total. The Bertz CT molecular complexity index is 559. The lowest BCUT2D eigenvalue weighted by molar-refractivity contribution is 0.0448. The maximum Gasteiger partial charge on any atom is 0.408 e. The van der Waals surface area contributed by atoms with Crippen LogP contribution in [-0.2, 0) is 11.3 Å². The summed E-state index contributed by atoms with van der Waals surface area (Å²) >= 11 is 0. The zero-order valence-corrected chi connectivity index (χ0v) is 16.9. The lowest BCUT2D eigenvalue weighted by Gasteiger charge is -2.34. The molecule has 8 nitrogen and oxygen atoms in total. The van der Waals surface area contributed by atoms with Gasteiger partial charge in [-0.05, 0) is 39.7 Å². The van der Waals surface area contributed by atoms with Crippen LogP contribution in [0.1, 0.15) is 47.5 Å². The van der Waals surface area contributed by atoms with Crippen molar-refractivity contribution in [3.8, 4) is 0 Å². The number of ether oxygens (including phenoxy) is 1. The predicted octanol–water partition coefficient (Wildman–Crippen LogP) is 2.13. The van der Waals surface area contributed by atoms with E-state index in [-0.39, 0.29) is 0 Å². The Balaban J connectivity index is 2.54. The van der Waals surface area contributed by atoms with Gasteiger partial charge in [-0.25, -0.2) is 4.79 Å². The van der Waals surface area contributed by atoms with Crippen LogP contribution in [0.5, 0.6) is 0 Å². The van der Waals surface area contributed by atoms with Crippen LogP contribution in [0.15, 0.2) is 23.5 Å². The van der Waals surface area contributed by atoms with Crippen LogP contribution in [0.3, 0.4) is 0 Å². The maximum atomic E-state index is 12.2. The average molecular weight is 367 g/mol. The van der Waals surface area contributed by atoms with Gasteiger partial charge >= 0.3 is 6.09 Å². The van der Waals surface area contributed by atoms with E-state index >= 15 is 0 Å². The van der Waals surface area contributed by atoms with Crippen LogP contribution < -0.4 is 16.0 Å². The molecule has 148 valence electrons. The normalized spacial score (nSPS) is 12.6. The molecule has 0 fully saturated rings. The van der Waals surface area contributed by atoms with Gasteiger partial charge in [-0.3, -0.25) is 9.67 Å². The number of aliphatic imine (C=N–C) groups is 1. The molecule has 8 heteroatoms. The topological polar surface area (TPSA) is 92.6 Å². The molecule has 1 aromatic rings. The van der Waals surface area contributed by atoms with Crippen molar-refractivity contribution in [2.45, 2.75) is 65.1 Å². The smallest absolute Gasteiger partial charge is 0.408 e. The fraction of sp³-hybridized carbons (Fsp3) is 0.722. The Hall–Kier alpha value is -2.25. The summed E-state index contributed by atoms with van der Waals surface area (Å²) in [5.74, 6) is 0.689. The zero-order chi connectivity index (χ0) is 19.6. The number of carbonyl (C=O) groups is 1. The van der Waals surface area contributed by atoms with Crippen LogP contribution in [0.4, 0.5) is 4.79 Å². The third-order valence-corrected chi connectivity index (χ3v) is 4.13. The molecule has 0 aliphatic carbocycles. The van der Waals surface area contributed by atoms with Crippen molar-refractivity contribution in [1.29, 1.82) is 0 Å². The van der Waals surface area contributed by atoms with E-state index in [1.165, 1.54) is 0 Å². The first-order chi connectivity index (χ1) is 12.2. The largest absolute Gasteiger partial charge is 0.444 e. The number of hydrogen-bond acceptors (Lipinski definition) is 4. The highest BCUT2D eigenvalue weighted by molar-refractivity contribution is 5.79. The second-order valence-corrected chi connectivity index (χ2v) is 7.24. The van der Waals surface area contributed by atoms with Gasteiger partial charge in [0.05, 0.1) is 12.1 Å². The minimum atomic E-state index is -0.519. The monoisotopic (exact) mass is 366 g/mol. The molecule has 26 heavy (non-hydrogen) atoms. The summed E-state index contributed by atoms with van der Waals surface area (Å²) in [6.07, 6.45) is 4.83. The Labute approximate surface area is 156 Å². The maximum absolute atomic E-state index is 12.2. The van der Waals surface area contributed by atoms with Gasteiger partial charge in [-0.1, -0.05) is 13.8 Å². The quantitative estimate of drug-likeness (QED) is 0.484. The number of guanidine groups is 1. The van der Waals surface area contributed by atoms with E-state index in [0.29, 0.717) is 19.0 Å². The molecule has 0 radical (unpaired) electrons. The van der Waals surface area contributed by atoms with Crippen LogP contribution in [0.2, 0.25) is 0 Å². The lowest BCUT2D eigenvalue weighted by Crippen LogP contribution is -2.57. The second kappa shape index (κ2) is 10.0. The van der Waals surface area contributed by atoms with Gasteiger partial charge in [0.1, 0.15) is 5.60 Å². The van der Waals surface area contributed by atoms with Crippen molar-refractivity contribution in [3.63, 3.8) is 0 Å². The molecular weight excluding hydrogens is 332 g/mol. The van der Waals surface area contributed by atoms with Crippen LogP contribution >= 0.6 is 0 Å². The minimum Gasteiger partial charge on any atom is -0.444 e. The van der Waals surface area contributed by atoms with Crippen molar-refractivity contribution in [2.75, 3.05) is 20.1 Å². The Morgan fingerprint density at radius 3 is 2.42 bits per heavy atom. The molecule has 0 unspecified atom stereocenters. The predicted molar refractivity (Wildman–Crippen MR) is 104 cm³/mol. The van der Waals surface area contributed by atoms with Gasteiger partial charge in [0.2, 0.25) is 0 Å². The average Bonchev–Trinajstić information content (AvgIpc) is 3.08. The first kappa shape index (κ1) is 21.8. The number of amides is 1. The Kier molecular flexibility index (Phi) is 8.41. The number of aromatic nitrogens is 2. The first-order valence-electron chi connectivity index (χ1n) is 9.16. The summed E-state index contributed by atoms with van der Waals surface area (Å²) < 4.78 is 7.26. The molecule has 0 bridgehead atoms. The Morgan fingerprint density at radius 2 is 1.92 bits per heavy atom. The molecule has 0 saturated carbocycles. The van der Waals surface area contributed by atoms with E-state index in [0.717, 1.165) is 19.4 Å². The highest BCUT2D eigenvalue weighted by Crippen LogP contribution is 2.16. The summed E-state index contributed by atoms with van der Waals surface area (Å²) in [6.45, 7) is 11.7. The fourth-order valence-corrected chi connectivity index (χ4v) is 2.44. The first-order valence-corrected chi connectivity index (χ1v) is 9.16. The summed E-state index contributed by atoms with van der Waals surface area (Å²) in [5.41, 5.74) is -0.920. The molecule has 0 saturated heterocycles. The number of carbonyl (C=O) groups excluding carboxylic acids is 1. The molecule has 1 heterocycles. The van der Waals surface area contributed by atoms with E-state index in [2.05, 4.69) is 39.9 Å². The lowest BCUT2D eigenvalue weighted by atomic mass is 9.93. The van der Waals surface area contributed by atoms with E-state index in [4.69, 9.17) is 4.74 Å². The second-order valence-electron chi connectivity index (χ2n) is 7.24. The third kappa shape index (κ3) is 7.76. The fourth-order valence-electron chi connectivity index (χ4n) is 2.44. The number of nitrogens with zero attached hydrogens (tertiary/aromatic N) is 3. The zero-order valence-electron chi connectivity index (χ0n) is 16.9. The third-order valence-electron chi connectivity index (χ3n) is 4.13. The van der Waals surface area contributed by atoms with Gasteiger partial charge in [0.15, 0.2) is 5.96 Å². The van der Waals surface area contributed by atoms with Gasteiger partial charge in [-0.15, -0.1) is 0 Å². The summed E-state index contributed by atoms with van der Waals surface area (Å²) in [5, 5.41) is 13.7. The van der Waals surface area contributed by atoms with Gasteiger partial charge < -0.3 is 20.7 Å². The molecule has 1 amide bonds. The van der Waals surface area contributed by atoms with Gasteiger partial charge in [0.25, 0.3) is 0 Å². The molecule has 0 aliphatic heterocycles. The molecule has 0 aromatic carbocycles.